The smallest absolute Gasteiger partial charge is 0.182 e. The van der Waals surface area contributed by atoms with Crippen LogP contribution >= 0.6 is 0 Å². The molecule has 0 fully saturated rings. The Morgan fingerprint density at radius 3 is 2.79 bits per heavy atom. The van der Waals surface area contributed by atoms with Crippen LogP contribution in [0.25, 0.3) is 33.1 Å². The average molecular weight is 383 g/mol. The quantitative estimate of drug-likeness (QED) is 0.450. The van der Waals surface area contributed by atoms with E-state index < -0.39 is 0 Å². The lowest BCUT2D eigenvalue weighted by Gasteiger charge is -2.14. The molecule has 0 amide bonds. The normalized spacial score (nSPS) is 11.2. The standard InChI is InChI=1S/C23H18FN5/c24-18-6-3-5-17(12-18)20-16(9-8-15-4-1-2-7-19(15)20)10-11-25-22-21-23(27-13-26-21)29-14-28-22/h1-9,12-14H,10-11H2,(H2,25,26,27,28,29). The van der Waals surface area contributed by atoms with Crippen LogP contribution in [0.15, 0.2) is 73.3 Å². The lowest BCUT2D eigenvalue weighted by atomic mass is 9.92. The third-order valence-corrected chi connectivity index (χ3v) is 5.04. The summed E-state index contributed by atoms with van der Waals surface area (Å²) in [7, 11) is 0. The minimum absolute atomic E-state index is 0.234. The molecule has 0 aliphatic rings. The Labute approximate surface area is 166 Å². The van der Waals surface area contributed by atoms with E-state index in [0.717, 1.165) is 45.2 Å². The van der Waals surface area contributed by atoms with Crippen molar-refractivity contribution in [3.63, 3.8) is 0 Å². The van der Waals surface area contributed by atoms with Crippen molar-refractivity contribution < 1.29 is 4.39 Å². The van der Waals surface area contributed by atoms with Crippen molar-refractivity contribution in [3.8, 4) is 11.1 Å². The van der Waals surface area contributed by atoms with Gasteiger partial charge in [0.2, 0.25) is 0 Å². The van der Waals surface area contributed by atoms with Crippen molar-refractivity contribution in [3.05, 3.63) is 84.7 Å². The maximum atomic E-state index is 13.9. The van der Waals surface area contributed by atoms with Gasteiger partial charge in [-0.2, -0.15) is 0 Å². The fraction of sp³-hybridized carbons (Fsp3) is 0.0870. The number of nitrogens with zero attached hydrogens (tertiary/aromatic N) is 3. The predicted molar refractivity (Wildman–Crippen MR) is 113 cm³/mol. The number of aromatic amines is 1. The number of benzene rings is 3. The molecule has 142 valence electrons. The van der Waals surface area contributed by atoms with Gasteiger partial charge in [0, 0.05) is 6.54 Å². The van der Waals surface area contributed by atoms with E-state index in [1.54, 1.807) is 18.5 Å². The first-order chi connectivity index (χ1) is 14.3. The zero-order valence-corrected chi connectivity index (χ0v) is 15.6. The molecule has 0 atom stereocenters. The van der Waals surface area contributed by atoms with Crippen molar-refractivity contribution in [1.82, 2.24) is 19.9 Å². The number of H-pyrrole nitrogens is 1. The summed E-state index contributed by atoms with van der Waals surface area (Å²) < 4.78 is 13.9. The summed E-state index contributed by atoms with van der Waals surface area (Å²) in [6.07, 6.45) is 3.87. The van der Waals surface area contributed by atoms with Crippen LogP contribution in [-0.2, 0) is 6.42 Å². The highest BCUT2D eigenvalue weighted by molar-refractivity contribution is 5.98. The molecule has 0 spiro atoms. The van der Waals surface area contributed by atoms with Crippen LogP contribution in [0.4, 0.5) is 10.2 Å². The molecule has 0 aliphatic heterocycles. The molecular formula is C23H18FN5. The van der Waals surface area contributed by atoms with Gasteiger partial charge in [0.15, 0.2) is 11.5 Å². The highest BCUT2D eigenvalue weighted by Crippen LogP contribution is 2.33. The van der Waals surface area contributed by atoms with Gasteiger partial charge in [0.05, 0.1) is 6.33 Å². The molecule has 0 bridgehead atoms. The highest BCUT2D eigenvalue weighted by atomic mass is 19.1. The minimum atomic E-state index is -0.234. The maximum absolute atomic E-state index is 13.9. The van der Waals surface area contributed by atoms with Crippen molar-refractivity contribution in [1.29, 1.82) is 0 Å². The number of hydrogen-bond acceptors (Lipinski definition) is 4. The molecule has 5 aromatic rings. The maximum Gasteiger partial charge on any atom is 0.182 e. The van der Waals surface area contributed by atoms with E-state index in [9.17, 15) is 4.39 Å². The fourth-order valence-corrected chi connectivity index (χ4v) is 3.72. The summed E-state index contributed by atoms with van der Waals surface area (Å²) in [5.41, 5.74) is 4.52. The number of nitrogens with one attached hydrogen (secondary N) is 2. The molecule has 0 saturated carbocycles. The Balaban J connectivity index is 1.50. The molecule has 2 heterocycles. The minimum Gasteiger partial charge on any atom is -0.368 e. The Morgan fingerprint density at radius 2 is 1.86 bits per heavy atom. The van der Waals surface area contributed by atoms with Crippen LogP contribution in [0.5, 0.6) is 0 Å². The molecular weight excluding hydrogens is 365 g/mol. The summed E-state index contributed by atoms with van der Waals surface area (Å²) in [5, 5.41) is 5.62. The molecule has 0 saturated heterocycles. The molecule has 6 heteroatoms. The second-order valence-corrected chi connectivity index (χ2v) is 6.83. The van der Waals surface area contributed by atoms with Crippen LogP contribution in [-0.4, -0.2) is 26.5 Å². The number of hydrogen-bond donors (Lipinski definition) is 2. The Morgan fingerprint density at radius 1 is 0.931 bits per heavy atom. The number of aromatic nitrogens is 4. The van der Waals surface area contributed by atoms with Crippen LogP contribution in [0, 0.1) is 5.82 Å². The molecule has 29 heavy (non-hydrogen) atoms. The average Bonchev–Trinajstić information content (AvgIpc) is 3.23. The lowest BCUT2D eigenvalue weighted by molar-refractivity contribution is 0.628. The van der Waals surface area contributed by atoms with Crippen molar-refractivity contribution in [2.75, 3.05) is 11.9 Å². The molecule has 5 nitrogen and oxygen atoms in total. The summed E-state index contributed by atoms with van der Waals surface area (Å²) in [6.45, 7) is 0.672. The number of halogens is 1. The van der Waals surface area contributed by atoms with Crippen LogP contribution < -0.4 is 5.32 Å². The van der Waals surface area contributed by atoms with Crippen molar-refractivity contribution >= 4 is 27.8 Å². The SMILES string of the molecule is Fc1cccc(-c2c(CCNc3ncnc4nc[nH]c34)ccc3ccccc23)c1. The lowest BCUT2D eigenvalue weighted by Crippen LogP contribution is -2.08. The summed E-state index contributed by atoms with van der Waals surface area (Å²) >= 11 is 0. The second kappa shape index (κ2) is 7.31. The first-order valence-corrected chi connectivity index (χ1v) is 9.44. The first kappa shape index (κ1) is 17.3. The summed E-state index contributed by atoms with van der Waals surface area (Å²) in [5.74, 6) is 0.489. The number of rotatable bonds is 5. The van der Waals surface area contributed by atoms with Gasteiger partial charge in [-0.1, -0.05) is 48.5 Å². The fourth-order valence-electron chi connectivity index (χ4n) is 3.72. The summed E-state index contributed by atoms with van der Waals surface area (Å²) in [4.78, 5) is 15.7. The number of fused-ring (bicyclic) bond motifs is 2. The molecule has 0 aliphatic carbocycles. The predicted octanol–water partition coefficient (Wildman–Crippen LogP) is 4.97. The van der Waals surface area contributed by atoms with E-state index in [1.807, 2.05) is 18.2 Å². The second-order valence-electron chi connectivity index (χ2n) is 6.83. The van der Waals surface area contributed by atoms with Gasteiger partial charge in [-0.15, -0.1) is 0 Å². The van der Waals surface area contributed by atoms with Gasteiger partial charge >= 0.3 is 0 Å². The monoisotopic (exact) mass is 383 g/mol. The van der Waals surface area contributed by atoms with Gasteiger partial charge in [-0.05, 0) is 46.0 Å². The zero-order valence-electron chi connectivity index (χ0n) is 15.6. The first-order valence-electron chi connectivity index (χ1n) is 9.44. The number of imidazole rings is 1. The van der Waals surface area contributed by atoms with Crippen molar-refractivity contribution in [2.24, 2.45) is 0 Å². The highest BCUT2D eigenvalue weighted by Gasteiger charge is 2.11. The zero-order chi connectivity index (χ0) is 19.6. The van der Waals surface area contributed by atoms with E-state index in [4.69, 9.17) is 0 Å². The third-order valence-electron chi connectivity index (χ3n) is 5.04. The summed E-state index contributed by atoms with van der Waals surface area (Å²) in [6, 6.07) is 19.2. The van der Waals surface area contributed by atoms with Gasteiger partial charge < -0.3 is 10.3 Å². The van der Waals surface area contributed by atoms with E-state index in [0.29, 0.717) is 12.2 Å². The van der Waals surface area contributed by atoms with Crippen molar-refractivity contribution in [2.45, 2.75) is 6.42 Å². The third kappa shape index (κ3) is 3.29. The van der Waals surface area contributed by atoms with Gasteiger partial charge in [0.25, 0.3) is 0 Å². The largest absolute Gasteiger partial charge is 0.368 e. The van der Waals surface area contributed by atoms with Crippen LogP contribution in [0.2, 0.25) is 0 Å². The molecule has 0 unspecified atom stereocenters. The molecule has 2 N–H and O–H groups in total. The van der Waals surface area contributed by atoms with E-state index in [1.165, 1.54) is 12.4 Å². The van der Waals surface area contributed by atoms with Gasteiger partial charge in [-0.3, -0.25) is 0 Å². The van der Waals surface area contributed by atoms with Gasteiger partial charge in [0.1, 0.15) is 17.7 Å². The Hall–Kier alpha value is -3.80. The topological polar surface area (TPSA) is 66.5 Å². The van der Waals surface area contributed by atoms with E-state index >= 15 is 0 Å². The van der Waals surface area contributed by atoms with E-state index in [-0.39, 0.29) is 5.82 Å². The van der Waals surface area contributed by atoms with E-state index in [2.05, 4.69) is 49.5 Å². The Kier molecular flexibility index (Phi) is 4.37. The van der Waals surface area contributed by atoms with Crippen LogP contribution in [0.3, 0.4) is 0 Å². The van der Waals surface area contributed by atoms with Gasteiger partial charge in [-0.25, -0.2) is 19.3 Å². The molecule has 5 rings (SSSR count). The molecule has 2 aromatic heterocycles. The molecule has 3 aromatic carbocycles. The molecule has 0 radical (unpaired) electrons. The number of anilines is 1. The Bertz CT molecular complexity index is 1310. The van der Waals surface area contributed by atoms with Crippen LogP contribution in [0.1, 0.15) is 5.56 Å².